The van der Waals surface area contributed by atoms with Gasteiger partial charge in [-0.1, -0.05) is 23.5 Å². The Morgan fingerprint density at radius 2 is 2.06 bits per heavy atom. The highest BCUT2D eigenvalue weighted by atomic mass is 32.1. The largest absolute Gasteiger partial charge is 0.434 e. The van der Waals surface area contributed by atoms with Crippen LogP contribution in [0.2, 0.25) is 0 Å². The van der Waals surface area contributed by atoms with Gasteiger partial charge in [-0.15, -0.1) is 0 Å². The van der Waals surface area contributed by atoms with Gasteiger partial charge in [-0.25, -0.2) is 4.79 Å². The maximum atomic E-state index is 11.9. The van der Waals surface area contributed by atoms with Gasteiger partial charge in [-0.05, 0) is 25.1 Å². The Kier molecular flexibility index (Phi) is 2.16. The number of nitrogens with zero attached hydrogens (tertiary/aromatic N) is 1. The molecule has 1 unspecified atom stereocenters. The lowest BCUT2D eigenvalue weighted by molar-refractivity contribution is -0.142. The topological polar surface area (TPSA) is 48.3 Å². The Morgan fingerprint density at radius 1 is 1.29 bits per heavy atom. The highest BCUT2D eigenvalue weighted by molar-refractivity contribution is 7.16. The molecule has 0 N–H and O–H groups in total. The zero-order valence-electron chi connectivity index (χ0n) is 9.04. The van der Waals surface area contributed by atoms with Gasteiger partial charge in [0.05, 0.1) is 10.2 Å². The van der Waals surface area contributed by atoms with Crippen molar-refractivity contribution in [2.75, 3.05) is 0 Å². The molecule has 0 aliphatic carbocycles. The number of thiazole rings is 1. The summed E-state index contributed by atoms with van der Waals surface area (Å²) in [5.74, 6) is -0.364. The van der Waals surface area contributed by atoms with Crippen LogP contribution >= 0.6 is 11.3 Å². The molecule has 1 aromatic heterocycles. The fourth-order valence-electron chi connectivity index (χ4n) is 1.87. The van der Waals surface area contributed by atoms with Gasteiger partial charge in [0.2, 0.25) is 6.23 Å². The number of cyclic esters (lactones) is 1. The Labute approximate surface area is 101 Å². The van der Waals surface area contributed by atoms with E-state index in [1.807, 2.05) is 24.3 Å². The molecule has 1 aliphatic heterocycles. The highest BCUT2D eigenvalue weighted by Gasteiger charge is 2.26. The summed E-state index contributed by atoms with van der Waals surface area (Å²) in [6.07, 6.45) is 1.06. The van der Waals surface area contributed by atoms with Crippen LogP contribution < -0.4 is 4.87 Å². The monoisotopic (exact) mass is 247 g/mol. The van der Waals surface area contributed by atoms with Gasteiger partial charge in [0, 0.05) is 5.57 Å². The van der Waals surface area contributed by atoms with Gasteiger partial charge < -0.3 is 4.74 Å². The van der Waals surface area contributed by atoms with Crippen LogP contribution in [-0.2, 0) is 9.53 Å². The summed E-state index contributed by atoms with van der Waals surface area (Å²) >= 11 is 1.15. The number of carbonyl (C=O) groups is 1. The third-order valence-corrected chi connectivity index (χ3v) is 3.65. The van der Waals surface area contributed by atoms with Crippen molar-refractivity contribution in [3.8, 4) is 0 Å². The fourth-order valence-corrected chi connectivity index (χ4v) is 2.78. The van der Waals surface area contributed by atoms with Crippen LogP contribution in [0.3, 0.4) is 0 Å². The van der Waals surface area contributed by atoms with E-state index in [0.29, 0.717) is 5.57 Å². The minimum atomic E-state index is -0.605. The highest BCUT2D eigenvalue weighted by Crippen LogP contribution is 2.26. The molecule has 3 rings (SSSR count). The van der Waals surface area contributed by atoms with E-state index in [-0.39, 0.29) is 10.8 Å². The van der Waals surface area contributed by atoms with Crippen molar-refractivity contribution in [1.82, 2.24) is 4.57 Å². The second-order valence-corrected chi connectivity index (χ2v) is 4.84. The third kappa shape index (κ3) is 1.51. The molecule has 0 saturated heterocycles. The van der Waals surface area contributed by atoms with Gasteiger partial charge in [0.15, 0.2) is 0 Å². The molecule has 1 aromatic carbocycles. The second kappa shape index (κ2) is 3.56. The average Bonchev–Trinajstić information content (AvgIpc) is 2.78. The van der Waals surface area contributed by atoms with Gasteiger partial charge in [-0.3, -0.25) is 9.36 Å². The lowest BCUT2D eigenvalue weighted by Crippen LogP contribution is -2.19. The smallest absolute Gasteiger partial charge is 0.335 e. The van der Waals surface area contributed by atoms with Crippen LogP contribution in [0.1, 0.15) is 13.2 Å². The lowest BCUT2D eigenvalue weighted by atomic mass is 10.3. The predicted molar refractivity (Wildman–Crippen MR) is 65.0 cm³/mol. The zero-order chi connectivity index (χ0) is 12.0. The summed E-state index contributed by atoms with van der Waals surface area (Å²) in [5.41, 5.74) is 1.34. The van der Waals surface area contributed by atoms with Crippen molar-refractivity contribution in [3.05, 3.63) is 45.6 Å². The van der Waals surface area contributed by atoms with E-state index in [1.54, 1.807) is 13.0 Å². The molecular formula is C12H9NO3S. The molecular weight excluding hydrogens is 238 g/mol. The van der Waals surface area contributed by atoms with E-state index in [9.17, 15) is 9.59 Å². The van der Waals surface area contributed by atoms with Crippen molar-refractivity contribution >= 4 is 27.5 Å². The number of fused-ring (bicyclic) bond motifs is 1. The van der Waals surface area contributed by atoms with Crippen molar-refractivity contribution in [3.63, 3.8) is 0 Å². The number of hydrogen-bond acceptors (Lipinski definition) is 4. The van der Waals surface area contributed by atoms with Gasteiger partial charge in [-0.2, -0.15) is 0 Å². The molecule has 86 valence electrons. The molecule has 0 radical (unpaired) electrons. The number of benzene rings is 1. The molecule has 1 aliphatic rings. The van der Waals surface area contributed by atoms with Crippen LogP contribution in [0.15, 0.2) is 40.7 Å². The number of carbonyl (C=O) groups excluding carboxylic acids is 1. The summed E-state index contributed by atoms with van der Waals surface area (Å²) in [4.78, 5) is 23.1. The number of rotatable bonds is 1. The molecule has 17 heavy (non-hydrogen) atoms. The second-order valence-electron chi connectivity index (χ2n) is 3.85. The lowest BCUT2D eigenvalue weighted by Gasteiger charge is -2.09. The van der Waals surface area contributed by atoms with Gasteiger partial charge in [0.1, 0.15) is 0 Å². The SMILES string of the molecule is CC1=CC(n2c(=O)sc3ccccc32)OC1=O. The first kappa shape index (κ1) is 10.3. The maximum absolute atomic E-state index is 11.9. The number of aromatic nitrogens is 1. The molecule has 2 aromatic rings. The molecule has 4 nitrogen and oxygen atoms in total. The van der Waals surface area contributed by atoms with E-state index < -0.39 is 6.23 Å². The maximum Gasteiger partial charge on any atom is 0.335 e. The van der Waals surface area contributed by atoms with Crippen LogP contribution in [0.25, 0.3) is 10.2 Å². The van der Waals surface area contributed by atoms with Crippen molar-refractivity contribution in [2.45, 2.75) is 13.2 Å². The minimum absolute atomic E-state index is 0.116. The number of esters is 1. The number of para-hydroxylation sites is 1. The molecule has 1 atom stereocenters. The van der Waals surface area contributed by atoms with E-state index in [1.165, 1.54) is 4.57 Å². The summed E-state index contributed by atoms with van der Waals surface area (Å²) < 4.78 is 7.55. The Bertz CT molecular complexity index is 695. The summed E-state index contributed by atoms with van der Waals surface area (Å²) in [5, 5.41) is 0. The summed E-state index contributed by atoms with van der Waals surface area (Å²) in [7, 11) is 0. The Balaban J connectivity index is 2.22. The quantitative estimate of drug-likeness (QED) is 0.725. The van der Waals surface area contributed by atoms with Crippen molar-refractivity contribution in [2.24, 2.45) is 0 Å². The van der Waals surface area contributed by atoms with Crippen molar-refractivity contribution in [1.29, 1.82) is 0 Å². The minimum Gasteiger partial charge on any atom is -0.434 e. The normalized spacial score (nSPS) is 19.5. The molecule has 2 heterocycles. The van der Waals surface area contributed by atoms with E-state index in [4.69, 9.17) is 4.74 Å². The fraction of sp³-hybridized carbons (Fsp3) is 0.167. The van der Waals surface area contributed by atoms with E-state index in [0.717, 1.165) is 21.6 Å². The van der Waals surface area contributed by atoms with Gasteiger partial charge >= 0.3 is 10.8 Å². The molecule has 0 spiro atoms. The van der Waals surface area contributed by atoms with E-state index >= 15 is 0 Å². The molecule has 5 heteroatoms. The Morgan fingerprint density at radius 3 is 2.76 bits per heavy atom. The molecule has 0 bridgehead atoms. The average molecular weight is 247 g/mol. The van der Waals surface area contributed by atoms with Gasteiger partial charge in [0.25, 0.3) is 0 Å². The van der Waals surface area contributed by atoms with Crippen LogP contribution in [0.5, 0.6) is 0 Å². The van der Waals surface area contributed by atoms with Crippen LogP contribution in [0, 0.1) is 0 Å². The predicted octanol–water partition coefficient (Wildman–Crippen LogP) is 2.06. The first-order chi connectivity index (χ1) is 8.16. The van der Waals surface area contributed by atoms with Crippen LogP contribution in [0.4, 0.5) is 0 Å². The summed E-state index contributed by atoms with van der Waals surface area (Å²) in [6.45, 7) is 1.68. The first-order valence-electron chi connectivity index (χ1n) is 5.16. The van der Waals surface area contributed by atoms with Crippen LogP contribution in [-0.4, -0.2) is 10.5 Å². The molecule has 0 fully saturated rings. The molecule has 0 amide bonds. The van der Waals surface area contributed by atoms with E-state index in [2.05, 4.69) is 0 Å². The molecule has 0 saturated carbocycles. The third-order valence-electron chi connectivity index (χ3n) is 2.72. The number of ether oxygens (including phenoxy) is 1. The first-order valence-corrected chi connectivity index (χ1v) is 5.98. The number of hydrogen-bond donors (Lipinski definition) is 0. The van der Waals surface area contributed by atoms with Crippen molar-refractivity contribution < 1.29 is 9.53 Å². The standard InChI is InChI=1S/C12H9NO3S/c1-7-6-10(16-11(7)14)13-8-4-2-3-5-9(8)17-12(13)15/h2-6,10H,1H3. The Hall–Kier alpha value is -1.88. The summed E-state index contributed by atoms with van der Waals surface area (Å²) in [6, 6.07) is 7.47. The zero-order valence-corrected chi connectivity index (χ0v) is 9.86.